The summed E-state index contributed by atoms with van der Waals surface area (Å²) in [7, 11) is 3.40. The minimum Gasteiger partial charge on any atom is -0.464 e. The molecule has 11 heteroatoms. The van der Waals surface area contributed by atoms with Crippen LogP contribution in [0, 0.1) is 0 Å². The minimum atomic E-state index is -0.558. The molecule has 0 N–H and O–H groups in total. The van der Waals surface area contributed by atoms with Gasteiger partial charge in [-0.1, -0.05) is 44.2 Å². The van der Waals surface area contributed by atoms with Gasteiger partial charge in [0, 0.05) is 52.7 Å². The lowest BCUT2D eigenvalue weighted by Crippen LogP contribution is -2.27. The van der Waals surface area contributed by atoms with Crippen LogP contribution in [0.15, 0.2) is 47.0 Å². The van der Waals surface area contributed by atoms with Crippen LogP contribution < -0.4 is 4.90 Å². The van der Waals surface area contributed by atoms with E-state index < -0.39 is 23.3 Å². The average molecular weight is 582 g/mol. The molecule has 8 nitrogen and oxygen atoms in total. The molecule has 0 spiro atoms. The van der Waals surface area contributed by atoms with Gasteiger partial charge in [0.25, 0.3) is 0 Å². The van der Waals surface area contributed by atoms with Crippen LogP contribution in [0.2, 0.25) is 0 Å². The quantitative estimate of drug-likeness (QED) is 0.0907. The van der Waals surface area contributed by atoms with E-state index in [0.29, 0.717) is 11.5 Å². The highest BCUT2D eigenvalue weighted by atomic mass is 32.2. The first kappa shape index (κ1) is 30.5. The van der Waals surface area contributed by atoms with E-state index in [9.17, 15) is 14.4 Å². The second kappa shape index (κ2) is 14.3. The van der Waals surface area contributed by atoms with Crippen molar-refractivity contribution < 1.29 is 32.8 Å². The van der Waals surface area contributed by atoms with Crippen molar-refractivity contribution in [3.8, 4) is 0 Å². The van der Waals surface area contributed by atoms with Gasteiger partial charge in [-0.05, 0) is 11.6 Å². The molecule has 0 aromatic heterocycles. The van der Waals surface area contributed by atoms with Gasteiger partial charge in [0.05, 0.1) is 25.6 Å². The maximum Gasteiger partial charge on any atom is 0.348 e. The highest BCUT2D eigenvalue weighted by molar-refractivity contribution is 8.04. The SMILES string of the molecule is C=C1CSCC(COC(=O)CCC(=O)OCCOC(=O)/C(SOC)=C2/N(C)c3ccccc3C2(C)C)SC1. The third-order valence-electron chi connectivity index (χ3n) is 6.11. The fraction of sp³-hybridized carbons (Fsp3) is 0.519. The molecule has 2 aliphatic heterocycles. The summed E-state index contributed by atoms with van der Waals surface area (Å²) in [5, 5.41) is 0.227. The topological polar surface area (TPSA) is 91.4 Å². The van der Waals surface area contributed by atoms with E-state index in [0.717, 1.165) is 46.2 Å². The predicted octanol–water partition coefficient (Wildman–Crippen LogP) is 4.73. The number of fused-ring (bicyclic) bond motifs is 1. The Morgan fingerprint density at radius 1 is 1.08 bits per heavy atom. The predicted molar refractivity (Wildman–Crippen MR) is 154 cm³/mol. The van der Waals surface area contributed by atoms with E-state index in [1.54, 1.807) is 23.5 Å². The Labute approximate surface area is 237 Å². The van der Waals surface area contributed by atoms with Crippen molar-refractivity contribution in [1.82, 2.24) is 0 Å². The molecule has 1 unspecified atom stereocenters. The first-order chi connectivity index (χ1) is 18.1. The smallest absolute Gasteiger partial charge is 0.348 e. The van der Waals surface area contributed by atoms with Crippen molar-refractivity contribution in [2.75, 3.05) is 56.1 Å². The van der Waals surface area contributed by atoms with Gasteiger partial charge in [-0.15, -0.1) is 11.8 Å². The third kappa shape index (κ3) is 7.97. The highest BCUT2D eigenvalue weighted by Crippen LogP contribution is 2.49. The summed E-state index contributed by atoms with van der Waals surface area (Å²) in [6.07, 6.45) is -0.152. The number of hydrogen-bond donors (Lipinski definition) is 0. The van der Waals surface area contributed by atoms with Gasteiger partial charge in [0.1, 0.15) is 24.7 Å². The molecule has 208 valence electrons. The summed E-state index contributed by atoms with van der Waals surface area (Å²) < 4.78 is 21.1. The lowest BCUT2D eigenvalue weighted by Gasteiger charge is -2.26. The van der Waals surface area contributed by atoms with Crippen LogP contribution in [0.1, 0.15) is 32.3 Å². The van der Waals surface area contributed by atoms with E-state index in [-0.39, 0.29) is 31.3 Å². The van der Waals surface area contributed by atoms with E-state index in [4.69, 9.17) is 18.4 Å². The number of nitrogens with zero attached hydrogens (tertiary/aromatic N) is 1. The standard InChI is InChI=1S/C27H35NO7S3/c1-18-15-36-17-19(37-16-18)14-35-23(30)11-10-22(29)33-12-13-34-26(31)24(38-32-5)25-27(2,3)20-8-6-7-9-21(20)28(25)4/h6-9,19H,1,10-17H2,2-5H3/b25-24-. The van der Waals surface area contributed by atoms with Gasteiger partial charge in [-0.2, -0.15) is 11.8 Å². The fourth-order valence-electron chi connectivity index (χ4n) is 4.30. The zero-order valence-corrected chi connectivity index (χ0v) is 24.7. The van der Waals surface area contributed by atoms with Gasteiger partial charge < -0.3 is 23.3 Å². The molecule has 0 amide bonds. The number of ether oxygens (including phenoxy) is 3. The number of carbonyl (C=O) groups excluding carboxylic acids is 3. The summed E-state index contributed by atoms with van der Waals surface area (Å²) in [5.74, 6) is 1.17. The second-order valence-electron chi connectivity index (χ2n) is 9.37. The van der Waals surface area contributed by atoms with Crippen molar-refractivity contribution >= 4 is 59.2 Å². The van der Waals surface area contributed by atoms with Gasteiger partial charge in [0.2, 0.25) is 0 Å². The molecule has 0 saturated carbocycles. The average Bonchev–Trinajstić information content (AvgIpc) is 3.00. The van der Waals surface area contributed by atoms with Crippen molar-refractivity contribution in [2.24, 2.45) is 0 Å². The number of thioether (sulfide) groups is 2. The Balaban J connectivity index is 1.42. The van der Waals surface area contributed by atoms with E-state index in [2.05, 4.69) is 6.58 Å². The normalized spacial score (nSPS) is 19.8. The molecule has 1 aromatic rings. The maximum atomic E-state index is 13.0. The molecule has 2 aliphatic rings. The number of benzene rings is 1. The summed E-state index contributed by atoms with van der Waals surface area (Å²) in [5.41, 5.74) is 3.64. The summed E-state index contributed by atoms with van der Waals surface area (Å²) in [4.78, 5) is 39.4. The zero-order chi connectivity index (χ0) is 27.7. The Bertz CT molecular complexity index is 1070. The summed E-state index contributed by atoms with van der Waals surface area (Å²) in [6, 6.07) is 7.98. The Kier molecular flexibility index (Phi) is 11.5. The Morgan fingerprint density at radius 2 is 1.76 bits per heavy atom. The monoisotopic (exact) mass is 581 g/mol. The molecule has 0 radical (unpaired) electrons. The highest BCUT2D eigenvalue weighted by Gasteiger charge is 2.42. The number of rotatable bonds is 11. The van der Waals surface area contributed by atoms with Crippen LogP contribution in [0.25, 0.3) is 0 Å². The van der Waals surface area contributed by atoms with Crippen LogP contribution in [-0.4, -0.2) is 74.4 Å². The molecule has 1 saturated heterocycles. The first-order valence-corrected chi connectivity index (χ1v) is 15.2. The van der Waals surface area contributed by atoms with Crippen molar-refractivity contribution in [2.45, 2.75) is 37.4 Å². The molecule has 0 aliphatic carbocycles. The molecule has 1 atom stereocenters. The number of anilines is 1. The third-order valence-corrected chi connectivity index (χ3v) is 9.61. The molecule has 0 bridgehead atoms. The molecule has 38 heavy (non-hydrogen) atoms. The van der Waals surface area contributed by atoms with Gasteiger partial charge in [-0.25, -0.2) is 4.79 Å². The maximum absolute atomic E-state index is 13.0. The Morgan fingerprint density at radius 3 is 2.47 bits per heavy atom. The van der Waals surface area contributed by atoms with E-state index >= 15 is 0 Å². The summed E-state index contributed by atoms with van der Waals surface area (Å²) in [6.45, 7) is 8.20. The van der Waals surface area contributed by atoms with Gasteiger partial charge >= 0.3 is 17.9 Å². The molecule has 3 rings (SSSR count). The number of allylic oxidation sites excluding steroid dienone is 1. The first-order valence-electron chi connectivity index (χ1n) is 12.3. The van der Waals surface area contributed by atoms with Crippen LogP contribution in [0.5, 0.6) is 0 Å². The van der Waals surface area contributed by atoms with E-state index in [1.165, 1.54) is 12.7 Å². The Hall–Kier alpha value is -2.08. The van der Waals surface area contributed by atoms with Gasteiger partial charge in [-0.3, -0.25) is 9.59 Å². The van der Waals surface area contributed by atoms with Crippen molar-refractivity contribution in [3.63, 3.8) is 0 Å². The number of likely N-dealkylation sites (N-methyl/N-ethyl adjacent to an activating group) is 1. The molecular weight excluding hydrogens is 546 g/mol. The fourth-order valence-corrected chi connectivity index (χ4v) is 7.47. The lowest BCUT2D eigenvalue weighted by atomic mass is 9.83. The van der Waals surface area contributed by atoms with Crippen LogP contribution in [-0.2, 0) is 38.2 Å². The van der Waals surface area contributed by atoms with Crippen LogP contribution in [0.3, 0.4) is 0 Å². The number of hydrogen-bond acceptors (Lipinski definition) is 11. The van der Waals surface area contributed by atoms with Crippen LogP contribution in [0.4, 0.5) is 5.69 Å². The minimum absolute atomic E-state index is 0.0570. The number of para-hydroxylation sites is 1. The number of esters is 3. The van der Waals surface area contributed by atoms with Crippen LogP contribution >= 0.6 is 35.6 Å². The number of carbonyl (C=O) groups is 3. The molecule has 1 fully saturated rings. The van der Waals surface area contributed by atoms with Gasteiger partial charge in [0.15, 0.2) is 0 Å². The molecule has 2 heterocycles. The zero-order valence-electron chi connectivity index (χ0n) is 22.3. The van der Waals surface area contributed by atoms with Crippen molar-refractivity contribution in [1.29, 1.82) is 0 Å². The second-order valence-corrected chi connectivity index (χ2v) is 12.6. The molecular formula is C27H35NO7S3. The summed E-state index contributed by atoms with van der Waals surface area (Å²) >= 11 is 4.47. The molecule has 1 aromatic carbocycles. The van der Waals surface area contributed by atoms with Crippen molar-refractivity contribution in [3.05, 3.63) is 52.6 Å². The van der Waals surface area contributed by atoms with E-state index in [1.807, 2.05) is 50.1 Å². The lowest BCUT2D eigenvalue weighted by molar-refractivity contribution is -0.152. The largest absolute Gasteiger partial charge is 0.464 e.